The highest BCUT2D eigenvalue weighted by Gasteiger charge is 2.30. The van der Waals surface area contributed by atoms with Crippen LogP contribution in [-0.2, 0) is 6.18 Å². The van der Waals surface area contributed by atoms with Crippen LogP contribution in [0.3, 0.4) is 0 Å². The molecule has 0 amide bonds. The molecule has 0 bridgehead atoms. The number of nitrogens with one attached hydrogen (secondary N) is 2. The summed E-state index contributed by atoms with van der Waals surface area (Å²) in [7, 11) is 0. The predicted molar refractivity (Wildman–Crippen MR) is 109 cm³/mol. The smallest absolute Gasteiger partial charge is 0.394 e. The average molecular weight is 417 g/mol. The second kappa shape index (κ2) is 9.08. The first-order valence-corrected chi connectivity index (χ1v) is 9.38. The highest BCUT2D eigenvalue weighted by Crippen LogP contribution is 2.30. The van der Waals surface area contributed by atoms with Gasteiger partial charge in [0.05, 0.1) is 29.6 Å². The maximum absolute atomic E-state index is 12.8. The monoisotopic (exact) mass is 417 g/mol. The van der Waals surface area contributed by atoms with Crippen LogP contribution in [0.1, 0.15) is 19.4 Å². The van der Waals surface area contributed by atoms with E-state index in [1.807, 2.05) is 19.9 Å². The minimum absolute atomic E-state index is 0.101. The van der Waals surface area contributed by atoms with Gasteiger partial charge in [-0.1, -0.05) is 19.9 Å². The standard InChI is InChI=1S/C21H22F3N5O/c1-13(2)18(12-30)28-20-27-17(16-5-3-4-10-25-16)11-19(29-20)26-15-8-6-14(7-9-15)21(22,23)24/h3-11,13,18,30H,12H2,1-2H3,(H2,26,27,28,29)/t18-/m0/s1. The molecule has 2 aromatic heterocycles. The molecule has 2 heterocycles. The van der Waals surface area contributed by atoms with Gasteiger partial charge in [-0.05, 0) is 42.3 Å². The van der Waals surface area contributed by atoms with E-state index in [2.05, 4.69) is 25.6 Å². The van der Waals surface area contributed by atoms with E-state index in [0.29, 0.717) is 22.9 Å². The van der Waals surface area contributed by atoms with Crippen LogP contribution in [0.15, 0.2) is 54.7 Å². The normalized spacial score (nSPS) is 12.6. The average Bonchev–Trinajstić information content (AvgIpc) is 2.72. The van der Waals surface area contributed by atoms with Gasteiger partial charge < -0.3 is 15.7 Å². The number of alkyl halides is 3. The van der Waals surface area contributed by atoms with E-state index in [-0.39, 0.29) is 24.5 Å². The molecule has 0 saturated carbocycles. The zero-order valence-corrected chi connectivity index (χ0v) is 16.5. The van der Waals surface area contributed by atoms with Gasteiger partial charge >= 0.3 is 6.18 Å². The van der Waals surface area contributed by atoms with Gasteiger partial charge in [0.1, 0.15) is 5.82 Å². The molecule has 0 fully saturated rings. The Balaban J connectivity index is 1.93. The van der Waals surface area contributed by atoms with Crippen LogP contribution < -0.4 is 10.6 Å². The molecule has 0 aliphatic heterocycles. The van der Waals surface area contributed by atoms with E-state index >= 15 is 0 Å². The molecule has 3 aromatic rings. The molecule has 30 heavy (non-hydrogen) atoms. The van der Waals surface area contributed by atoms with Crippen molar-refractivity contribution in [2.45, 2.75) is 26.1 Å². The van der Waals surface area contributed by atoms with Crippen molar-refractivity contribution in [2.24, 2.45) is 5.92 Å². The molecular weight excluding hydrogens is 395 g/mol. The topological polar surface area (TPSA) is 83.0 Å². The second-order valence-electron chi connectivity index (χ2n) is 7.05. The third-order valence-electron chi connectivity index (χ3n) is 4.45. The van der Waals surface area contributed by atoms with Crippen molar-refractivity contribution in [3.05, 3.63) is 60.3 Å². The van der Waals surface area contributed by atoms with Crippen LogP contribution >= 0.6 is 0 Å². The summed E-state index contributed by atoms with van der Waals surface area (Å²) in [5.74, 6) is 0.789. The molecule has 0 saturated heterocycles. The number of aromatic nitrogens is 3. The lowest BCUT2D eigenvalue weighted by atomic mass is 10.1. The molecule has 3 N–H and O–H groups in total. The Morgan fingerprint density at radius 1 is 1.00 bits per heavy atom. The molecule has 0 spiro atoms. The van der Waals surface area contributed by atoms with Crippen molar-refractivity contribution >= 4 is 17.5 Å². The maximum atomic E-state index is 12.8. The van der Waals surface area contributed by atoms with Crippen molar-refractivity contribution in [2.75, 3.05) is 17.2 Å². The molecule has 0 aliphatic carbocycles. The zero-order chi connectivity index (χ0) is 21.7. The molecule has 0 radical (unpaired) electrons. The van der Waals surface area contributed by atoms with Crippen LogP contribution in [0.25, 0.3) is 11.4 Å². The van der Waals surface area contributed by atoms with Crippen LogP contribution in [0, 0.1) is 5.92 Å². The van der Waals surface area contributed by atoms with Crippen molar-refractivity contribution < 1.29 is 18.3 Å². The summed E-state index contributed by atoms with van der Waals surface area (Å²) in [5, 5.41) is 15.7. The Morgan fingerprint density at radius 3 is 2.30 bits per heavy atom. The number of hydrogen-bond donors (Lipinski definition) is 3. The Morgan fingerprint density at radius 2 is 1.73 bits per heavy atom. The Hall–Kier alpha value is -3.20. The van der Waals surface area contributed by atoms with Crippen LogP contribution in [0.4, 0.5) is 30.6 Å². The summed E-state index contributed by atoms with van der Waals surface area (Å²) >= 11 is 0. The lowest BCUT2D eigenvalue weighted by Gasteiger charge is -2.20. The van der Waals surface area contributed by atoms with Crippen molar-refractivity contribution in [1.29, 1.82) is 0 Å². The summed E-state index contributed by atoms with van der Waals surface area (Å²) < 4.78 is 38.4. The molecule has 3 rings (SSSR count). The van der Waals surface area contributed by atoms with Crippen LogP contribution in [0.2, 0.25) is 0 Å². The van der Waals surface area contributed by atoms with Crippen molar-refractivity contribution in [3.63, 3.8) is 0 Å². The first-order chi connectivity index (χ1) is 14.3. The van der Waals surface area contributed by atoms with Crippen LogP contribution in [0.5, 0.6) is 0 Å². The SMILES string of the molecule is CC(C)[C@H](CO)Nc1nc(Nc2ccc(C(F)(F)F)cc2)cc(-c2ccccn2)n1. The highest BCUT2D eigenvalue weighted by atomic mass is 19.4. The Bertz CT molecular complexity index is 963. The van der Waals surface area contributed by atoms with Gasteiger partial charge in [0.15, 0.2) is 0 Å². The van der Waals surface area contributed by atoms with E-state index < -0.39 is 11.7 Å². The number of nitrogens with zero attached hydrogens (tertiary/aromatic N) is 3. The predicted octanol–water partition coefficient (Wildman–Crippen LogP) is 4.73. The number of benzene rings is 1. The number of pyridine rings is 1. The molecule has 1 atom stereocenters. The lowest BCUT2D eigenvalue weighted by Crippen LogP contribution is -2.30. The van der Waals surface area contributed by atoms with E-state index in [1.165, 1.54) is 12.1 Å². The highest BCUT2D eigenvalue weighted by molar-refractivity contribution is 5.65. The molecule has 9 heteroatoms. The molecule has 0 unspecified atom stereocenters. The van der Waals surface area contributed by atoms with Gasteiger partial charge in [0.2, 0.25) is 5.95 Å². The third kappa shape index (κ3) is 5.44. The maximum Gasteiger partial charge on any atom is 0.416 e. The fourth-order valence-corrected chi connectivity index (χ4v) is 2.70. The fourth-order valence-electron chi connectivity index (χ4n) is 2.70. The van der Waals surface area contributed by atoms with Crippen molar-refractivity contribution in [3.8, 4) is 11.4 Å². The number of aliphatic hydroxyl groups is 1. The molecule has 6 nitrogen and oxygen atoms in total. The summed E-state index contributed by atoms with van der Waals surface area (Å²) in [6.07, 6.45) is -2.76. The molecule has 158 valence electrons. The van der Waals surface area contributed by atoms with Gasteiger partial charge in [-0.25, -0.2) is 4.98 Å². The summed E-state index contributed by atoms with van der Waals surface area (Å²) in [6, 6.07) is 11.5. The third-order valence-corrected chi connectivity index (χ3v) is 4.45. The van der Waals surface area contributed by atoms with E-state index in [1.54, 1.807) is 24.4 Å². The summed E-state index contributed by atoms with van der Waals surface area (Å²) in [4.78, 5) is 13.2. The zero-order valence-electron chi connectivity index (χ0n) is 16.5. The minimum Gasteiger partial charge on any atom is -0.394 e. The number of hydrogen-bond acceptors (Lipinski definition) is 6. The Kier molecular flexibility index (Phi) is 6.51. The lowest BCUT2D eigenvalue weighted by molar-refractivity contribution is -0.137. The number of anilines is 3. The van der Waals surface area contributed by atoms with Gasteiger partial charge in [0.25, 0.3) is 0 Å². The quantitative estimate of drug-likeness (QED) is 0.516. The van der Waals surface area contributed by atoms with E-state index in [0.717, 1.165) is 12.1 Å². The fraction of sp³-hybridized carbons (Fsp3) is 0.286. The number of halogens is 3. The van der Waals surface area contributed by atoms with Crippen molar-refractivity contribution in [1.82, 2.24) is 15.0 Å². The van der Waals surface area contributed by atoms with Gasteiger partial charge in [-0.15, -0.1) is 0 Å². The second-order valence-corrected chi connectivity index (χ2v) is 7.05. The minimum atomic E-state index is -4.40. The summed E-state index contributed by atoms with van der Waals surface area (Å²) in [5.41, 5.74) is 0.864. The van der Waals surface area contributed by atoms with Gasteiger partial charge in [-0.2, -0.15) is 18.2 Å². The van der Waals surface area contributed by atoms with Crippen LogP contribution in [-0.4, -0.2) is 32.7 Å². The Labute approximate surface area is 172 Å². The van der Waals surface area contributed by atoms with E-state index in [4.69, 9.17) is 0 Å². The molecule has 1 aromatic carbocycles. The first kappa shape index (κ1) is 21.5. The molecular formula is C21H22F3N5O. The van der Waals surface area contributed by atoms with E-state index in [9.17, 15) is 18.3 Å². The van der Waals surface area contributed by atoms with Gasteiger partial charge in [0, 0.05) is 18.0 Å². The number of aliphatic hydroxyl groups excluding tert-OH is 1. The largest absolute Gasteiger partial charge is 0.416 e. The van der Waals surface area contributed by atoms with Gasteiger partial charge in [-0.3, -0.25) is 4.98 Å². The summed E-state index contributed by atoms with van der Waals surface area (Å²) in [6.45, 7) is 3.81. The molecule has 0 aliphatic rings. The first-order valence-electron chi connectivity index (χ1n) is 9.38. The number of rotatable bonds is 7.